The van der Waals surface area contributed by atoms with Crippen LogP contribution in [0.1, 0.15) is 322 Å². The Morgan fingerprint density at radius 3 is 1.06 bits per heavy atom. The number of rotatable bonds is 58. The van der Waals surface area contributed by atoms with E-state index in [4.69, 9.17) is 9.05 Å². The molecule has 9 heteroatoms. The Hall–Kier alpha value is -0.760. The Labute approximate surface area is 437 Å². The molecule has 3 atom stereocenters. The molecule has 0 rings (SSSR count). The van der Waals surface area contributed by atoms with Gasteiger partial charge in [-0.25, -0.2) is 4.57 Å². The molecule has 0 bridgehead atoms. The first-order valence-electron chi connectivity index (χ1n) is 31.1. The van der Waals surface area contributed by atoms with Crippen molar-refractivity contribution in [3.8, 4) is 0 Å². The Balaban J connectivity index is 4.06. The fourth-order valence-corrected chi connectivity index (χ4v) is 10.4. The lowest BCUT2D eigenvalue weighted by Gasteiger charge is -2.25. The van der Waals surface area contributed by atoms with E-state index in [1.165, 1.54) is 270 Å². The first-order valence-corrected chi connectivity index (χ1v) is 32.6. The van der Waals surface area contributed by atoms with Crippen LogP contribution in [0.2, 0.25) is 0 Å². The number of carbonyl (C=O) groups is 1. The molecule has 0 aromatic heterocycles. The van der Waals surface area contributed by atoms with Crippen molar-refractivity contribution in [3.63, 3.8) is 0 Å². The smallest absolute Gasteiger partial charge is 0.387 e. The van der Waals surface area contributed by atoms with Crippen molar-refractivity contribution < 1.29 is 32.9 Å². The van der Waals surface area contributed by atoms with Gasteiger partial charge >= 0.3 is 7.82 Å². The van der Waals surface area contributed by atoms with Crippen LogP contribution in [0, 0.1) is 0 Å². The molecule has 0 saturated heterocycles. The topological polar surface area (TPSA) is 105 Å². The van der Waals surface area contributed by atoms with Gasteiger partial charge in [0.25, 0.3) is 0 Å². The number of carbonyl (C=O) groups excluding carboxylic acids is 1. The molecule has 0 aromatic carbocycles. The van der Waals surface area contributed by atoms with Crippen LogP contribution < -0.4 is 5.32 Å². The van der Waals surface area contributed by atoms with Crippen molar-refractivity contribution in [2.24, 2.45) is 0 Å². The van der Waals surface area contributed by atoms with E-state index in [2.05, 4.69) is 19.2 Å². The summed E-state index contributed by atoms with van der Waals surface area (Å²) >= 11 is 0. The molecule has 3 unspecified atom stereocenters. The number of aliphatic hydroxyl groups excluding tert-OH is 1. The first kappa shape index (κ1) is 69.2. The lowest BCUT2D eigenvalue weighted by molar-refractivity contribution is -0.870. The molecule has 0 fully saturated rings. The zero-order valence-corrected chi connectivity index (χ0v) is 48.7. The Bertz CT molecular complexity index is 1150. The molecule has 8 nitrogen and oxygen atoms in total. The van der Waals surface area contributed by atoms with Crippen LogP contribution in [0.5, 0.6) is 0 Å². The highest BCUT2D eigenvalue weighted by atomic mass is 31.2. The number of likely N-dealkylation sites (N-methyl/N-ethyl adjacent to an activating group) is 1. The van der Waals surface area contributed by atoms with Crippen molar-refractivity contribution in [3.05, 3.63) is 12.2 Å². The largest absolute Gasteiger partial charge is 0.472 e. The van der Waals surface area contributed by atoms with E-state index in [1.54, 1.807) is 6.08 Å². The van der Waals surface area contributed by atoms with E-state index < -0.39 is 20.0 Å². The summed E-state index contributed by atoms with van der Waals surface area (Å²) in [6.07, 6.45) is 66.2. The number of amides is 1. The Morgan fingerprint density at radius 1 is 0.471 bits per heavy atom. The normalized spacial score (nSPS) is 13.9. The molecule has 3 N–H and O–H groups in total. The van der Waals surface area contributed by atoms with Gasteiger partial charge in [0.2, 0.25) is 5.91 Å². The number of hydrogen-bond donors (Lipinski definition) is 3. The highest BCUT2D eigenvalue weighted by Gasteiger charge is 2.27. The van der Waals surface area contributed by atoms with Crippen molar-refractivity contribution in [1.82, 2.24) is 5.32 Å². The number of phosphoric ester groups is 1. The first-order chi connectivity index (χ1) is 34.0. The minimum Gasteiger partial charge on any atom is -0.387 e. The fraction of sp³-hybridized carbons (Fsp3) is 0.951. The van der Waals surface area contributed by atoms with Gasteiger partial charge in [-0.3, -0.25) is 13.8 Å². The molecular weight excluding hydrogens is 888 g/mol. The minimum atomic E-state index is -4.34. The van der Waals surface area contributed by atoms with Crippen LogP contribution in [-0.4, -0.2) is 73.4 Å². The van der Waals surface area contributed by atoms with Crippen LogP contribution in [0.3, 0.4) is 0 Å². The van der Waals surface area contributed by atoms with Gasteiger partial charge < -0.3 is 19.8 Å². The van der Waals surface area contributed by atoms with E-state index >= 15 is 0 Å². The molecule has 1 amide bonds. The summed E-state index contributed by atoms with van der Waals surface area (Å²) in [5.74, 6) is -0.170. The molecular formula is C61H124N2O6P+. The maximum absolute atomic E-state index is 13.0. The lowest BCUT2D eigenvalue weighted by atomic mass is 10.0. The van der Waals surface area contributed by atoms with Gasteiger partial charge in [0.15, 0.2) is 0 Å². The molecule has 0 radical (unpaired) electrons. The number of unbranched alkanes of at least 4 members (excludes halogenated alkanes) is 45. The molecule has 0 aliphatic heterocycles. The summed E-state index contributed by atoms with van der Waals surface area (Å²) in [5.41, 5.74) is 0. The van der Waals surface area contributed by atoms with E-state index in [1.807, 2.05) is 27.2 Å². The zero-order valence-electron chi connectivity index (χ0n) is 47.8. The van der Waals surface area contributed by atoms with Crippen LogP contribution in [0.25, 0.3) is 0 Å². The van der Waals surface area contributed by atoms with Gasteiger partial charge in [0, 0.05) is 6.42 Å². The second-order valence-electron chi connectivity index (χ2n) is 22.8. The minimum absolute atomic E-state index is 0.0652. The SMILES string of the molecule is CCCCCCCCCCCCCCCCCCCCCCCCCCCCCCC/C=C/C(O)C(COP(=O)(O)OCC[N+](C)(C)C)NC(=O)CCCCCCCCCCCCCCCCCCC. The van der Waals surface area contributed by atoms with Crippen molar-refractivity contribution in [2.75, 3.05) is 40.9 Å². The monoisotopic (exact) mass is 1010 g/mol. The van der Waals surface area contributed by atoms with E-state index in [0.29, 0.717) is 17.4 Å². The van der Waals surface area contributed by atoms with Gasteiger partial charge in [-0.05, 0) is 19.3 Å². The summed E-state index contributed by atoms with van der Waals surface area (Å²) in [6, 6.07) is -0.842. The van der Waals surface area contributed by atoms with Gasteiger partial charge in [0.1, 0.15) is 13.2 Å². The molecule has 418 valence electrons. The second kappa shape index (κ2) is 53.1. The Morgan fingerprint density at radius 2 is 0.757 bits per heavy atom. The number of quaternary nitrogens is 1. The predicted molar refractivity (Wildman–Crippen MR) is 305 cm³/mol. The molecule has 0 heterocycles. The van der Waals surface area contributed by atoms with E-state index in [-0.39, 0.29) is 19.1 Å². The van der Waals surface area contributed by atoms with Gasteiger partial charge in [-0.1, -0.05) is 309 Å². The number of allylic oxidation sites excluding steroid dienone is 1. The summed E-state index contributed by atoms with van der Waals surface area (Å²) in [7, 11) is 1.59. The third kappa shape index (κ3) is 55.0. The van der Waals surface area contributed by atoms with Gasteiger partial charge in [-0.15, -0.1) is 0 Å². The molecule has 0 spiro atoms. The van der Waals surface area contributed by atoms with Crippen molar-refractivity contribution in [1.29, 1.82) is 0 Å². The quantitative estimate of drug-likeness (QED) is 0.0243. The molecule has 0 saturated carbocycles. The molecule has 70 heavy (non-hydrogen) atoms. The third-order valence-corrected chi connectivity index (χ3v) is 15.5. The van der Waals surface area contributed by atoms with Crippen LogP contribution in [0.4, 0.5) is 0 Å². The number of nitrogens with zero attached hydrogens (tertiary/aromatic N) is 1. The predicted octanol–water partition coefficient (Wildman–Crippen LogP) is 19.0. The summed E-state index contributed by atoms with van der Waals surface area (Å²) in [4.78, 5) is 23.3. The molecule has 0 aliphatic carbocycles. The lowest BCUT2D eigenvalue weighted by Crippen LogP contribution is -2.45. The zero-order chi connectivity index (χ0) is 51.3. The highest BCUT2D eigenvalue weighted by Crippen LogP contribution is 2.43. The maximum atomic E-state index is 13.0. The summed E-state index contributed by atoms with van der Waals surface area (Å²) in [6.45, 7) is 4.87. The summed E-state index contributed by atoms with van der Waals surface area (Å²) < 4.78 is 23.7. The maximum Gasteiger partial charge on any atom is 0.472 e. The van der Waals surface area contributed by atoms with E-state index in [0.717, 1.165) is 32.1 Å². The average Bonchev–Trinajstić information content (AvgIpc) is 3.32. The molecule has 0 aliphatic rings. The van der Waals surface area contributed by atoms with Crippen molar-refractivity contribution in [2.45, 2.75) is 334 Å². The molecule has 0 aromatic rings. The fourth-order valence-electron chi connectivity index (χ4n) is 9.63. The van der Waals surface area contributed by atoms with Crippen LogP contribution in [0.15, 0.2) is 12.2 Å². The van der Waals surface area contributed by atoms with E-state index in [9.17, 15) is 19.4 Å². The second-order valence-corrected chi connectivity index (χ2v) is 24.3. The third-order valence-electron chi connectivity index (χ3n) is 14.5. The number of hydrogen-bond acceptors (Lipinski definition) is 5. The Kier molecular flexibility index (Phi) is 52.5. The van der Waals surface area contributed by atoms with Crippen molar-refractivity contribution >= 4 is 13.7 Å². The number of phosphoric acid groups is 1. The standard InChI is InChI=1S/C61H123N2O6P/c1-6-8-10-12-14-16-18-20-22-24-25-26-27-28-29-30-31-32-33-34-35-36-37-39-40-42-44-46-48-50-52-54-60(64)59(58-69-70(66,67)68-57-56-63(3,4)5)62-61(65)55-53-51-49-47-45-43-41-38-23-21-19-17-15-13-11-9-7-2/h52,54,59-60,64H,6-51,53,55-58H2,1-5H3,(H-,62,65,66,67)/p+1/b54-52+. The van der Waals surface area contributed by atoms with Crippen LogP contribution >= 0.6 is 7.82 Å². The van der Waals surface area contributed by atoms with Crippen LogP contribution in [-0.2, 0) is 18.4 Å². The average molecular weight is 1010 g/mol. The number of aliphatic hydroxyl groups is 1. The summed E-state index contributed by atoms with van der Waals surface area (Å²) in [5, 5.41) is 14.0. The number of nitrogens with one attached hydrogen (secondary N) is 1. The highest BCUT2D eigenvalue weighted by molar-refractivity contribution is 7.47. The van der Waals surface area contributed by atoms with Gasteiger partial charge in [-0.2, -0.15) is 0 Å². The van der Waals surface area contributed by atoms with Gasteiger partial charge in [0.05, 0.1) is 39.9 Å².